The van der Waals surface area contributed by atoms with Gasteiger partial charge in [0.1, 0.15) is 0 Å². The summed E-state index contributed by atoms with van der Waals surface area (Å²) in [6.07, 6.45) is 0.233. The number of benzene rings is 1. The maximum absolute atomic E-state index is 10.7. The Morgan fingerprint density at radius 3 is 2.89 bits per heavy atom. The number of hydrogen-bond donors (Lipinski definition) is 1. The molecule has 1 aromatic rings. The molecule has 1 saturated heterocycles. The van der Waals surface area contributed by atoms with Gasteiger partial charge in [-0.3, -0.25) is 4.90 Å². The van der Waals surface area contributed by atoms with Crippen molar-refractivity contribution in [2.45, 2.75) is 32.1 Å². The van der Waals surface area contributed by atoms with Crippen molar-refractivity contribution in [1.82, 2.24) is 4.90 Å². The number of carboxylic acid groups (broad SMARTS) is 1. The van der Waals surface area contributed by atoms with Crippen LogP contribution in [0.15, 0.2) is 30.3 Å². The van der Waals surface area contributed by atoms with Crippen LogP contribution < -0.4 is 0 Å². The molecule has 1 N–H and O–H groups in total. The molecule has 1 aliphatic heterocycles. The summed E-state index contributed by atoms with van der Waals surface area (Å²) >= 11 is 0. The fraction of sp³-hybridized carbons (Fsp3) is 0.500. The lowest BCUT2D eigenvalue weighted by atomic mass is 10.2. The predicted molar refractivity (Wildman–Crippen MR) is 68.3 cm³/mol. The van der Waals surface area contributed by atoms with E-state index in [1.165, 1.54) is 5.56 Å². The highest BCUT2D eigenvalue weighted by molar-refractivity contribution is 5.71. The lowest BCUT2D eigenvalue weighted by molar-refractivity contribution is -0.152. The van der Waals surface area contributed by atoms with Gasteiger partial charge in [0.15, 0.2) is 6.10 Å². The molecule has 1 fully saturated rings. The molecule has 0 aliphatic carbocycles. The van der Waals surface area contributed by atoms with E-state index in [2.05, 4.69) is 17.0 Å². The molecular weight excluding hydrogens is 230 g/mol. The normalized spacial score (nSPS) is 21.9. The average Bonchev–Trinajstić information content (AvgIpc) is 2.77. The number of ether oxygens (including phenoxy) is 1. The van der Waals surface area contributed by atoms with Crippen molar-refractivity contribution in [3.05, 3.63) is 35.9 Å². The minimum Gasteiger partial charge on any atom is -0.479 e. The van der Waals surface area contributed by atoms with Crippen LogP contribution in [0.5, 0.6) is 0 Å². The zero-order valence-electron chi connectivity index (χ0n) is 10.6. The molecule has 0 amide bonds. The fourth-order valence-electron chi connectivity index (χ4n) is 2.24. The first-order chi connectivity index (χ1) is 8.65. The smallest absolute Gasteiger partial charge is 0.332 e. The van der Waals surface area contributed by atoms with Crippen molar-refractivity contribution in [2.24, 2.45) is 0 Å². The first-order valence-corrected chi connectivity index (χ1v) is 6.29. The number of likely N-dealkylation sites (tertiary alicyclic amines) is 1. The van der Waals surface area contributed by atoms with Gasteiger partial charge in [-0.15, -0.1) is 0 Å². The van der Waals surface area contributed by atoms with E-state index < -0.39 is 12.1 Å². The van der Waals surface area contributed by atoms with Crippen LogP contribution >= 0.6 is 0 Å². The van der Waals surface area contributed by atoms with Crippen molar-refractivity contribution in [3.8, 4) is 0 Å². The Bertz CT molecular complexity index is 393. The van der Waals surface area contributed by atoms with Crippen LogP contribution in [0.1, 0.15) is 18.9 Å². The molecule has 0 radical (unpaired) electrons. The third-order valence-corrected chi connectivity index (χ3v) is 3.22. The van der Waals surface area contributed by atoms with Crippen LogP contribution in [0, 0.1) is 0 Å². The molecule has 0 aromatic heterocycles. The number of nitrogens with zero attached hydrogens (tertiary/aromatic N) is 1. The van der Waals surface area contributed by atoms with E-state index in [0.29, 0.717) is 0 Å². The maximum atomic E-state index is 10.7. The van der Waals surface area contributed by atoms with Crippen molar-refractivity contribution >= 4 is 5.97 Å². The van der Waals surface area contributed by atoms with E-state index in [4.69, 9.17) is 9.84 Å². The fourth-order valence-corrected chi connectivity index (χ4v) is 2.24. The summed E-state index contributed by atoms with van der Waals surface area (Å²) in [7, 11) is 0. The van der Waals surface area contributed by atoms with Gasteiger partial charge in [0.05, 0.1) is 6.10 Å². The Labute approximate surface area is 107 Å². The van der Waals surface area contributed by atoms with Gasteiger partial charge in [0.2, 0.25) is 0 Å². The van der Waals surface area contributed by atoms with Crippen LogP contribution in [-0.4, -0.2) is 41.3 Å². The monoisotopic (exact) mass is 249 g/mol. The van der Waals surface area contributed by atoms with Gasteiger partial charge in [0.25, 0.3) is 0 Å². The Balaban J connectivity index is 1.80. The molecule has 0 bridgehead atoms. The number of carbonyl (C=O) groups is 1. The van der Waals surface area contributed by atoms with Gasteiger partial charge in [-0.05, 0) is 18.9 Å². The summed E-state index contributed by atoms with van der Waals surface area (Å²) in [6, 6.07) is 10.3. The van der Waals surface area contributed by atoms with E-state index in [-0.39, 0.29) is 6.10 Å². The molecule has 4 nitrogen and oxygen atoms in total. The summed E-state index contributed by atoms with van der Waals surface area (Å²) < 4.78 is 5.50. The van der Waals surface area contributed by atoms with Crippen LogP contribution in [0.4, 0.5) is 0 Å². The zero-order valence-corrected chi connectivity index (χ0v) is 10.6. The van der Waals surface area contributed by atoms with Gasteiger partial charge < -0.3 is 9.84 Å². The van der Waals surface area contributed by atoms with E-state index in [9.17, 15) is 4.79 Å². The highest BCUT2D eigenvalue weighted by Gasteiger charge is 2.26. The number of rotatable bonds is 5. The van der Waals surface area contributed by atoms with E-state index in [0.717, 1.165) is 26.1 Å². The minimum atomic E-state index is -0.892. The third-order valence-electron chi connectivity index (χ3n) is 3.22. The van der Waals surface area contributed by atoms with Crippen molar-refractivity contribution in [3.63, 3.8) is 0 Å². The molecule has 98 valence electrons. The Morgan fingerprint density at radius 1 is 1.50 bits per heavy atom. The summed E-state index contributed by atoms with van der Waals surface area (Å²) in [4.78, 5) is 13.0. The summed E-state index contributed by atoms with van der Waals surface area (Å²) in [5.41, 5.74) is 1.28. The first kappa shape index (κ1) is 13.1. The molecule has 4 heteroatoms. The molecule has 1 aliphatic rings. The number of aliphatic carboxylic acids is 1. The summed E-state index contributed by atoms with van der Waals surface area (Å²) in [6.45, 7) is 4.27. The molecular formula is C14H19NO3. The van der Waals surface area contributed by atoms with E-state index >= 15 is 0 Å². The molecule has 2 atom stereocenters. The third kappa shape index (κ3) is 3.55. The van der Waals surface area contributed by atoms with Gasteiger partial charge >= 0.3 is 5.97 Å². The van der Waals surface area contributed by atoms with Crippen LogP contribution in [0.25, 0.3) is 0 Å². The molecule has 18 heavy (non-hydrogen) atoms. The van der Waals surface area contributed by atoms with Crippen molar-refractivity contribution in [2.75, 3.05) is 13.1 Å². The maximum Gasteiger partial charge on any atom is 0.332 e. The van der Waals surface area contributed by atoms with Gasteiger partial charge in [-0.2, -0.15) is 0 Å². The second-order valence-corrected chi connectivity index (χ2v) is 4.75. The topological polar surface area (TPSA) is 49.8 Å². The molecule has 2 rings (SSSR count). The van der Waals surface area contributed by atoms with E-state index in [1.54, 1.807) is 6.92 Å². The van der Waals surface area contributed by atoms with Crippen LogP contribution in [0.3, 0.4) is 0 Å². The standard InChI is InChI=1S/C14H19NO3/c1-11(14(16)17)18-13-7-8-15(10-13)9-12-5-3-2-4-6-12/h2-6,11,13H,7-10H2,1H3,(H,16,17). The Morgan fingerprint density at radius 2 is 2.22 bits per heavy atom. The SMILES string of the molecule is CC(OC1CCN(Cc2ccccc2)C1)C(=O)O. The van der Waals surface area contributed by atoms with Crippen LogP contribution in [-0.2, 0) is 16.1 Å². The molecule has 0 spiro atoms. The average molecular weight is 249 g/mol. The highest BCUT2D eigenvalue weighted by atomic mass is 16.5. The predicted octanol–water partition coefficient (Wildman–Crippen LogP) is 1.75. The van der Waals surface area contributed by atoms with Gasteiger partial charge in [-0.25, -0.2) is 4.79 Å². The highest BCUT2D eigenvalue weighted by Crippen LogP contribution is 2.17. The van der Waals surface area contributed by atoms with Crippen molar-refractivity contribution < 1.29 is 14.6 Å². The molecule has 2 unspecified atom stereocenters. The molecule has 0 saturated carbocycles. The second-order valence-electron chi connectivity index (χ2n) is 4.75. The summed E-state index contributed by atoms with van der Waals surface area (Å²) in [5.74, 6) is -0.892. The Kier molecular flexibility index (Phi) is 4.33. The lowest BCUT2D eigenvalue weighted by Crippen LogP contribution is -2.29. The van der Waals surface area contributed by atoms with Crippen molar-refractivity contribution in [1.29, 1.82) is 0 Å². The molecule has 1 heterocycles. The quantitative estimate of drug-likeness (QED) is 0.863. The lowest BCUT2D eigenvalue weighted by Gasteiger charge is -2.17. The summed E-state index contributed by atoms with van der Waals surface area (Å²) in [5, 5.41) is 8.80. The minimum absolute atomic E-state index is 0.0415. The number of carboxylic acids is 1. The first-order valence-electron chi connectivity index (χ1n) is 6.29. The second kappa shape index (κ2) is 5.98. The largest absolute Gasteiger partial charge is 0.479 e. The molecule has 1 aromatic carbocycles. The van der Waals surface area contributed by atoms with E-state index in [1.807, 2.05) is 18.2 Å². The Hall–Kier alpha value is -1.39. The van der Waals surface area contributed by atoms with Gasteiger partial charge in [-0.1, -0.05) is 30.3 Å². The zero-order chi connectivity index (χ0) is 13.0. The number of hydrogen-bond acceptors (Lipinski definition) is 3. The van der Waals surface area contributed by atoms with Gasteiger partial charge in [0, 0.05) is 19.6 Å². The van der Waals surface area contributed by atoms with Crippen LogP contribution in [0.2, 0.25) is 0 Å².